The number of hydrogen-bond donors (Lipinski definition) is 2. The molecule has 8 atom stereocenters. The zero-order valence-electron chi connectivity index (χ0n) is 15.6. The lowest BCUT2D eigenvalue weighted by atomic mass is 9.41. The van der Waals surface area contributed by atoms with Crippen LogP contribution in [0.25, 0.3) is 0 Å². The van der Waals surface area contributed by atoms with Crippen molar-refractivity contribution in [3.05, 3.63) is 0 Å². The smallest absolute Gasteiger partial charge is 0.0677 e. The van der Waals surface area contributed by atoms with E-state index in [9.17, 15) is 10.2 Å². The van der Waals surface area contributed by atoms with E-state index in [2.05, 4.69) is 20.8 Å². The van der Waals surface area contributed by atoms with Gasteiger partial charge in [-0.15, -0.1) is 0 Å². The molecule has 4 aliphatic rings. The van der Waals surface area contributed by atoms with Crippen LogP contribution in [0.5, 0.6) is 0 Å². The van der Waals surface area contributed by atoms with Crippen LogP contribution >= 0.6 is 0 Å². The number of aliphatic hydroxyl groups is 2. The van der Waals surface area contributed by atoms with Crippen LogP contribution in [0.4, 0.5) is 0 Å². The Labute approximate surface area is 142 Å². The van der Waals surface area contributed by atoms with E-state index in [0.717, 1.165) is 25.2 Å². The van der Waals surface area contributed by atoms with Gasteiger partial charge in [0.15, 0.2) is 0 Å². The fourth-order valence-electron chi connectivity index (χ4n) is 8.27. The molecule has 0 aromatic rings. The third-order valence-corrected chi connectivity index (χ3v) is 9.34. The maximum Gasteiger partial charge on any atom is 0.0677 e. The molecule has 0 heterocycles. The first-order valence-electron chi connectivity index (χ1n) is 10.1. The van der Waals surface area contributed by atoms with Crippen LogP contribution in [0, 0.1) is 34.5 Å². The maximum absolute atomic E-state index is 11.6. The van der Waals surface area contributed by atoms with Gasteiger partial charge in [0.1, 0.15) is 0 Å². The van der Waals surface area contributed by atoms with Gasteiger partial charge in [-0.1, -0.05) is 26.7 Å². The predicted molar refractivity (Wildman–Crippen MR) is 93.0 cm³/mol. The molecular formula is C21H36O2. The Morgan fingerprint density at radius 3 is 2.30 bits per heavy atom. The van der Waals surface area contributed by atoms with E-state index < -0.39 is 11.2 Å². The van der Waals surface area contributed by atoms with Gasteiger partial charge in [0, 0.05) is 5.41 Å². The molecule has 0 aromatic carbocycles. The molecule has 132 valence electrons. The van der Waals surface area contributed by atoms with Gasteiger partial charge in [-0.3, -0.25) is 0 Å². The molecule has 4 aliphatic carbocycles. The van der Waals surface area contributed by atoms with E-state index in [0.29, 0.717) is 23.2 Å². The minimum atomic E-state index is -0.630. The number of fused-ring (bicyclic) bond motifs is 5. The van der Waals surface area contributed by atoms with E-state index in [4.69, 9.17) is 0 Å². The molecule has 0 aliphatic heterocycles. The molecule has 4 rings (SSSR count). The van der Waals surface area contributed by atoms with E-state index in [1.54, 1.807) is 0 Å². The second-order valence-electron chi connectivity index (χ2n) is 10.5. The molecule has 0 bridgehead atoms. The highest BCUT2D eigenvalue weighted by Gasteiger charge is 2.68. The normalized spacial score (nSPS) is 62.3. The first kappa shape index (κ1) is 16.4. The topological polar surface area (TPSA) is 40.5 Å². The molecular weight excluding hydrogens is 284 g/mol. The summed E-state index contributed by atoms with van der Waals surface area (Å²) in [6, 6.07) is 0. The molecule has 0 radical (unpaired) electrons. The lowest BCUT2D eigenvalue weighted by Gasteiger charge is -2.65. The minimum Gasteiger partial charge on any atom is -0.390 e. The zero-order valence-corrected chi connectivity index (χ0v) is 15.6. The summed E-state index contributed by atoms with van der Waals surface area (Å²) >= 11 is 0. The quantitative estimate of drug-likeness (QED) is 0.688. The van der Waals surface area contributed by atoms with Crippen molar-refractivity contribution in [2.24, 2.45) is 34.5 Å². The zero-order chi connectivity index (χ0) is 16.7. The highest BCUT2D eigenvalue weighted by atomic mass is 16.3. The van der Waals surface area contributed by atoms with Crippen molar-refractivity contribution in [2.75, 3.05) is 0 Å². The van der Waals surface area contributed by atoms with Gasteiger partial charge in [-0.05, 0) is 87.9 Å². The maximum atomic E-state index is 11.6. The van der Waals surface area contributed by atoms with E-state index >= 15 is 0 Å². The average Bonchev–Trinajstić information content (AvgIpc) is 2.66. The Morgan fingerprint density at radius 2 is 1.57 bits per heavy atom. The largest absolute Gasteiger partial charge is 0.390 e. The van der Waals surface area contributed by atoms with Crippen LogP contribution in [0.15, 0.2) is 0 Å². The summed E-state index contributed by atoms with van der Waals surface area (Å²) in [6.45, 7) is 8.89. The Bertz CT molecular complexity index is 496. The van der Waals surface area contributed by atoms with E-state index in [-0.39, 0.29) is 5.41 Å². The van der Waals surface area contributed by atoms with Crippen molar-refractivity contribution in [1.29, 1.82) is 0 Å². The number of hydrogen-bond acceptors (Lipinski definition) is 2. The molecule has 0 saturated heterocycles. The molecule has 2 heteroatoms. The summed E-state index contributed by atoms with van der Waals surface area (Å²) in [5.74, 6) is 2.45. The second kappa shape index (κ2) is 4.75. The average molecular weight is 321 g/mol. The van der Waals surface area contributed by atoms with E-state index in [1.165, 1.54) is 38.5 Å². The first-order valence-corrected chi connectivity index (χ1v) is 10.1. The van der Waals surface area contributed by atoms with Crippen LogP contribution in [0.1, 0.15) is 85.5 Å². The summed E-state index contributed by atoms with van der Waals surface area (Å²) in [5, 5.41) is 22.7. The van der Waals surface area contributed by atoms with E-state index in [1.807, 2.05) is 6.92 Å². The standard InChI is InChI=1S/C21H36O2/c1-18-11-6-5-7-14(18)8-9-15-16-10-12-21(4,23)19(16,2)13-20(3,22)17(15)18/h14-17,22-23H,5-13H2,1-4H3/t14-,15+,16+,17+,18+,19+,20-,21-/m1/s1. The third-order valence-electron chi connectivity index (χ3n) is 9.34. The van der Waals surface area contributed by atoms with Crippen LogP contribution in [0.3, 0.4) is 0 Å². The van der Waals surface area contributed by atoms with Gasteiger partial charge in [0.05, 0.1) is 11.2 Å². The van der Waals surface area contributed by atoms with Crippen LogP contribution in [-0.4, -0.2) is 21.4 Å². The second-order valence-corrected chi connectivity index (χ2v) is 10.5. The molecule has 0 amide bonds. The van der Waals surface area contributed by atoms with Crippen molar-refractivity contribution in [2.45, 2.75) is 96.7 Å². The van der Waals surface area contributed by atoms with Crippen LogP contribution in [0.2, 0.25) is 0 Å². The summed E-state index contributed by atoms with van der Waals surface area (Å²) in [6.07, 6.45) is 10.9. The van der Waals surface area contributed by atoms with Crippen LogP contribution in [-0.2, 0) is 0 Å². The molecule has 23 heavy (non-hydrogen) atoms. The summed E-state index contributed by atoms with van der Waals surface area (Å²) < 4.78 is 0. The summed E-state index contributed by atoms with van der Waals surface area (Å²) in [7, 11) is 0. The Kier molecular flexibility index (Phi) is 3.39. The van der Waals surface area contributed by atoms with Crippen LogP contribution < -0.4 is 0 Å². The number of rotatable bonds is 0. The molecule has 2 nitrogen and oxygen atoms in total. The summed E-state index contributed by atoms with van der Waals surface area (Å²) in [4.78, 5) is 0. The van der Waals surface area contributed by atoms with Gasteiger partial charge >= 0.3 is 0 Å². The summed E-state index contributed by atoms with van der Waals surface area (Å²) in [5.41, 5.74) is -1.04. The van der Waals surface area contributed by atoms with Gasteiger partial charge in [0.25, 0.3) is 0 Å². The van der Waals surface area contributed by atoms with Crippen molar-refractivity contribution in [3.63, 3.8) is 0 Å². The van der Waals surface area contributed by atoms with Gasteiger partial charge in [-0.25, -0.2) is 0 Å². The Balaban J connectivity index is 1.77. The van der Waals surface area contributed by atoms with Crippen molar-refractivity contribution in [3.8, 4) is 0 Å². The monoisotopic (exact) mass is 320 g/mol. The highest BCUT2D eigenvalue weighted by Crippen LogP contribution is 2.70. The van der Waals surface area contributed by atoms with Gasteiger partial charge in [-0.2, -0.15) is 0 Å². The first-order chi connectivity index (χ1) is 10.6. The lowest BCUT2D eigenvalue weighted by Crippen LogP contribution is -2.64. The minimum absolute atomic E-state index is 0.116. The molecule has 0 spiro atoms. The van der Waals surface area contributed by atoms with Crippen molar-refractivity contribution >= 4 is 0 Å². The molecule has 0 unspecified atom stereocenters. The van der Waals surface area contributed by atoms with Gasteiger partial charge in [0.2, 0.25) is 0 Å². The predicted octanol–water partition coefficient (Wildman–Crippen LogP) is 4.53. The Morgan fingerprint density at radius 1 is 0.826 bits per heavy atom. The van der Waals surface area contributed by atoms with Gasteiger partial charge < -0.3 is 10.2 Å². The molecule has 4 fully saturated rings. The fraction of sp³-hybridized carbons (Fsp3) is 1.00. The molecule has 2 N–H and O–H groups in total. The Hall–Kier alpha value is -0.0800. The fourth-order valence-corrected chi connectivity index (χ4v) is 8.27. The lowest BCUT2D eigenvalue weighted by molar-refractivity contribution is -0.231. The molecule has 0 aromatic heterocycles. The molecule has 4 saturated carbocycles. The van der Waals surface area contributed by atoms with Crippen molar-refractivity contribution < 1.29 is 10.2 Å². The van der Waals surface area contributed by atoms with Crippen molar-refractivity contribution in [1.82, 2.24) is 0 Å². The third kappa shape index (κ3) is 2.00. The highest BCUT2D eigenvalue weighted by molar-refractivity contribution is 5.17. The SMILES string of the molecule is C[C@]12CCCC[C@@H]1CC[C@H]1[C@@H]3CC[C@@](C)(O)[C@@]3(C)C[C@@](C)(O)[C@@H]12.